The third-order valence-electron chi connectivity index (χ3n) is 2.75. The van der Waals surface area contributed by atoms with E-state index in [2.05, 4.69) is 0 Å². The van der Waals surface area contributed by atoms with Gasteiger partial charge in [-0.25, -0.2) is 8.42 Å². The first-order valence-corrected chi connectivity index (χ1v) is 5.54. The Kier molecular flexibility index (Phi) is 1.23. The molecule has 0 radical (unpaired) electrons. The van der Waals surface area contributed by atoms with Crippen LogP contribution in [0.5, 0.6) is 0 Å². The van der Waals surface area contributed by atoms with Gasteiger partial charge < -0.3 is 4.79 Å². The van der Waals surface area contributed by atoms with Crippen LogP contribution < -0.4 is 0 Å². The Hall–Kier alpha value is -0.380. The molecule has 3 nitrogen and oxygen atoms in total. The molecule has 0 aromatic carbocycles. The molecule has 11 heavy (non-hydrogen) atoms. The summed E-state index contributed by atoms with van der Waals surface area (Å²) in [6.45, 7) is 0. The van der Waals surface area contributed by atoms with Crippen LogP contribution in [0.1, 0.15) is 12.8 Å². The second-order valence-electron chi connectivity index (χ2n) is 3.70. The molecule has 1 unspecified atom stereocenters. The summed E-state index contributed by atoms with van der Waals surface area (Å²) in [5, 5.41) is 0. The molecule has 1 aliphatic heterocycles. The van der Waals surface area contributed by atoms with Gasteiger partial charge in [0, 0.05) is 11.8 Å². The molecule has 1 aliphatic carbocycles. The fourth-order valence-electron chi connectivity index (χ4n) is 2.07. The maximum absolute atomic E-state index is 10.8. The van der Waals surface area contributed by atoms with Crippen LogP contribution in [0.25, 0.3) is 0 Å². The molecule has 2 fully saturated rings. The minimum atomic E-state index is -2.69. The molecular weight excluding hydrogens is 164 g/mol. The number of rotatable bonds is 2. The highest BCUT2D eigenvalue weighted by Crippen LogP contribution is 2.61. The zero-order valence-electron chi connectivity index (χ0n) is 6.12. The second-order valence-corrected chi connectivity index (χ2v) is 5.76. The van der Waals surface area contributed by atoms with E-state index in [9.17, 15) is 13.2 Å². The van der Waals surface area contributed by atoms with Gasteiger partial charge in [0.15, 0.2) is 9.84 Å². The van der Waals surface area contributed by atoms with E-state index in [1.54, 1.807) is 0 Å². The Bertz CT molecular complexity index is 279. The molecule has 2 aliphatic rings. The van der Waals surface area contributed by atoms with Crippen molar-refractivity contribution in [1.82, 2.24) is 0 Å². The molecule has 1 heterocycles. The Morgan fingerprint density at radius 2 is 2.09 bits per heavy atom. The van der Waals surface area contributed by atoms with Gasteiger partial charge in [0.05, 0.1) is 11.5 Å². The highest BCUT2D eigenvalue weighted by molar-refractivity contribution is 7.92. The van der Waals surface area contributed by atoms with Crippen molar-refractivity contribution in [2.45, 2.75) is 12.8 Å². The van der Waals surface area contributed by atoms with Gasteiger partial charge in [0.1, 0.15) is 6.29 Å². The van der Waals surface area contributed by atoms with Gasteiger partial charge in [-0.15, -0.1) is 0 Å². The lowest BCUT2D eigenvalue weighted by molar-refractivity contribution is -0.108. The molecule has 4 heteroatoms. The van der Waals surface area contributed by atoms with E-state index < -0.39 is 9.84 Å². The van der Waals surface area contributed by atoms with Crippen molar-refractivity contribution < 1.29 is 13.2 Å². The summed E-state index contributed by atoms with van der Waals surface area (Å²) in [4.78, 5) is 10.1. The third-order valence-corrected chi connectivity index (χ3v) is 4.78. The average molecular weight is 174 g/mol. The highest BCUT2D eigenvalue weighted by atomic mass is 32.2. The Balaban J connectivity index is 1.97. The van der Waals surface area contributed by atoms with Crippen LogP contribution in [-0.4, -0.2) is 26.2 Å². The van der Waals surface area contributed by atoms with Gasteiger partial charge in [-0.05, 0) is 12.3 Å². The molecule has 1 atom stereocenters. The van der Waals surface area contributed by atoms with Gasteiger partial charge in [-0.1, -0.05) is 0 Å². The van der Waals surface area contributed by atoms with Gasteiger partial charge in [0.2, 0.25) is 0 Å². The predicted octanol–water partition coefficient (Wildman–Crippen LogP) is 0.0101. The van der Waals surface area contributed by atoms with Crippen LogP contribution in [0.2, 0.25) is 0 Å². The molecule has 1 spiro atoms. The SMILES string of the molecule is O=CCC1CC12CS(=O)(=O)C2. The van der Waals surface area contributed by atoms with E-state index in [1.165, 1.54) is 0 Å². The second kappa shape index (κ2) is 1.86. The largest absolute Gasteiger partial charge is 0.303 e. The maximum Gasteiger partial charge on any atom is 0.151 e. The Morgan fingerprint density at radius 3 is 2.55 bits per heavy atom. The molecule has 62 valence electrons. The first kappa shape index (κ1) is 7.28. The summed E-state index contributed by atoms with van der Waals surface area (Å²) < 4.78 is 21.6. The smallest absolute Gasteiger partial charge is 0.151 e. The minimum absolute atomic E-state index is 0.0553. The lowest BCUT2D eigenvalue weighted by atomic mass is 10.1. The summed E-state index contributed by atoms with van der Waals surface area (Å²) >= 11 is 0. The van der Waals surface area contributed by atoms with Crippen LogP contribution in [0.15, 0.2) is 0 Å². The molecule has 0 aromatic rings. The summed E-state index contributed by atoms with van der Waals surface area (Å²) in [6, 6.07) is 0. The fourth-order valence-corrected chi connectivity index (χ4v) is 4.44. The predicted molar refractivity (Wildman–Crippen MR) is 39.9 cm³/mol. The molecule has 0 bridgehead atoms. The molecule has 2 rings (SSSR count). The molecule has 1 saturated heterocycles. The summed E-state index contributed by atoms with van der Waals surface area (Å²) in [5.74, 6) is 1.04. The highest BCUT2D eigenvalue weighted by Gasteiger charge is 2.64. The van der Waals surface area contributed by atoms with Crippen molar-refractivity contribution in [2.24, 2.45) is 11.3 Å². The number of carbonyl (C=O) groups is 1. The van der Waals surface area contributed by atoms with E-state index in [0.29, 0.717) is 23.8 Å². The van der Waals surface area contributed by atoms with Crippen molar-refractivity contribution in [3.63, 3.8) is 0 Å². The summed E-state index contributed by atoms with van der Waals surface area (Å²) in [5.41, 5.74) is 0.0553. The lowest BCUT2D eigenvalue weighted by Gasteiger charge is -2.26. The normalized spacial score (nSPS) is 36.2. The van der Waals surface area contributed by atoms with Crippen LogP contribution >= 0.6 is 0 Å². The van der Waals surface area contributed by atoms with Crippen LogP contribution in [0.3, 0.4) is 0 Å². The monoisotopic (exact) mass is 174 g/mol. The van der Waals surface area contributed by atoms with Crippen LogP contribution in [0.4, 0.5) is 0 Å². The Labute approximate surface area is 65.7 Å². The minimum Gasteiger partial charge on any atom is -0.303 e. The van der Waals surface area contributed by atoms with Crippen molar-refractivity contribution >= 4 is 16.1 Å². The van der Waals surface area contributed by atoms with E-state index >= 15 is 0 Å². The third kappa shape index (κ3) is 1.00. The standard InChI is InChI=1S/C7H10O3S/c8-2-1-6-3-7(6)4-11(9,10)5-7/h2,6H,1,3-5H2. The average Bonchev–Trinajstić information content (AvgIpc) is 2.40. The van der Waals surface area contributed by atoms with Gasteiger partial charge >= 0.3 is 0 Å². The van der Waals surface area contributed by atoms with E-state index in [4.69, 9.17) is 0 Å². The van der Waals surface area contributed by atoms with Gasteiger partial charge in [-0.2, -0.15) is 0 Å². The van der Waals surface area contributed by atoms with Gasteiger partial charge in [-0.3, -0.25) is 0 Å². The first-order chi connectivity index (χ1) is 5.08. The lowest BCUT2D eigenvalue weighted by Crippen LogP contribution is -2.39. The molecule has 0 aromatic heterocycles. The fraction of sp³-hybridized carbons (Fsp3) is 0.857. The number of sulfone groups is 1. The number of carbonyl (C=O) groups excluding carboxylic acids is 1. The van der Waals surface area contributed by atoms with Crippen molar-refractivity contribution in [3.05, 3.63) is 0 Å². The zero-order chi connectivity index (χ0) is 8.11. The zero-order valence-corrected chi connectivity index (χ0v) is 6.93. The van der Waals surface area contributed by atoms with Gasteiger partial charge in [0.25, 0.3) is 0 Å². The van der Waals surface area contributed by atoms with Crippen LogP contribution in [-0.2, 0) is 14.6 Å². The summed E-state index contributed by atoms with van der Waals surface area (Å²) in [6.07, 6.45) is 2.39. The number of hydrogen-bond acceptors (Lipinski definition) is 3. The van der Waals surface area contributed by atoms with Crippen LogP contribution in [0, 0.1) is 11.3 Å². The first-order valence-electron chi connectivity index (χ1n) is 3.72. The van der Waals surface area contributed by atoms with E-state index in [1.807, 2.05) is 0 Å². The molecular formula is C7H10O3S. The summed E-state index contributed by atoms with van der Waals surface area (Å²) in [7, 11) is -2.69. The van der Waals surface area contributed by atoms with Crippen molar-refractivity contribution in [3.8, 4) is 0 Å². The number of hydrogen-bond donors (Lipinski definition) is 0. The maximum atomic E-state index is 10.8. The molecule has 0 amide bonds. The Morgan fingerprint density at radius 1 is 1.45 bits per heavy atom. The number of aldehydes is 1. The van der Waals surface area contributed by atoms with E-state index in [-0.39, 0.29) is 5.41 Å². The van der Waals surface area contributed by atoms with Crippen molar-refractivity contribution in [1.29, 1.82) is 0 Å². The quantitative estimate of drug-likeness (QED) is 0.554. The molecule has 1 saturated carbocycles. The van der Waals surface area contributed by atoms with Crippen molar-refractivity contribution in [2.75, 3.05) is 11.5 Å². The molecule has 0 N–H and O–H groups in total. The topological polar surface area (TPSA) is 51.2 Å². The van der Waals surface area contributed by atoms with E-state index in [0.717, 1.165) is 12.7 Å².